The van der Waals surface area contributed by atoms with Crippen molar-refractivity contribution in [3.8, 4) is 11.5 Å². The third kappa shape index (κ3) is 2.42. The maximum Gasteiger partial charge on any atom is 0.163 e. The van der Waals surface area contributed by atoms with Crippen molar-refractivity contribution in [1.82, 2.24) is 14.5 Å². The summed E-state index contributed by atoms with van der Waals surface area (Å²) in [5.41, 5.74) is 7.92. The van der Waals surface area contributed by atoms with E-state index in [-0.39, 0.29) is 0 Å². The number of nitrogens with zero attached hydrogens (tertiary/aromatic N) is 3. The van der Waals surface area contributed by atoms with Crippen molar-refractivity contribution in [1.29, 1.82) is 0 Å². The van der Waals surface area contributed by atoms with Crippen LogP contribution >= 0.6 is 0 Å². The number of aromatic nitrogens is 2. The molecule has 2 aliphatic rings. The number of fused-ring (bicyclic) bond motifs is 2. The van der Waals surface area contributed by atoms with Gasteiger partial charge in [-0.05, 0) is 25.9 Å². The predicted octanol–water partition coefficient (Wildman–Crippen LogP) is 1.36. The Hall–Kier alpha value is -1.79. The van der Waals surface area contributed by atoms with E-state index in [1.165, 1.54) is 25.9 Å². The molecule has 6 nitrogen and oxygen atoms in total. The molecule has 4 rings (SSSR count). The average molecular weight is 302 g/mol. The number of rotatable bonds is 4. The first-order valence-electron chi connectivity index (χ1n) is 8.06. The second-order valence-electron chi connectivity index (χ2n) is 5.92. The third-order valence-corrected chi connectivity index (χ3v) is 4.51. The van der Waals surface area contributed by atoms with Crippen LogP contribution in [0.5, 0.6) is 11.5 Å². The zero-order valence-corrected chi connectivity index (χ0v) is 12.8. The van der Waals surface area contributed by atoms with Crippen molar-refractivity contribution in [3.63, 3.8) is 0 Å². The highest BCUT2D eigenvalue weighted by Crippen LogP contribution is 2.34. The number of benzene rings is 1. The summed E-state index contributed by atoms with van der Waals surface area (Å²) in [5.74, 6) is 2.52. The Kier molecular flexibility index (Phi) is 3.63. The van der Waals surface area contributed by atoms with Gasteiger partial charge in [0, 0.05) is 25.2 Å². The molecule has 0 aliphatic carbocycles. The summed E-state index contributed by atoms with van der Waals surface area (Å²) in [5, 5.41) is 0. The fraction of sp³-hybridized carbons (Fsp3) is 0.562. The monoisotopic (exact) mass is 302 g/mol. The highest BCUT2D eigenvalue weighted by atomic mass is 16.6. The summed E-state index contributed by atoms with van der Waals surface area (Å²) in [4.78, 5) is 7.17. The molecule has 1 fully saturated rings. The highest BCUT2D eigenvalue weighted by molar-refractivity contribution is 5.80. The van der Waals surface area contributed by atoms with Crippen molar-refractivity contribution in [2.75, 3.05) is 32.8 Å². The molecule has 0 atom stereocenters. The van der Waals surface area contributed by atoms with E-state index in [1.54, 1.807) is 0 Å². The highest BCUT2D eigenvalue weighted by Gasteiger charge is 2.18. The lowest BCUT2D eigenvalue weighted by Crippen LogP contribution is -2.25. The van der Waals surface area contributed by atoms with E-state index < -0.39 is 0 Å². The molecule has 0 bridgehead atoms. The van der Waals surface area contributed by atoms with Gasteiger partial charge in [0.05, 0.1) is 17.6 Å². The number of hydrogen-bond acceptors (Lipinski definition) is 5. The number of likely N-dealkylation sites (tertiary alicyclic amines) is 1. The largest absolute Gasteiger partial charge is 0.486 e. The van der Waals surface area contributed by atoms with Gasteiger partial charge in [0.15, 0.2) is 11.5 Å². The van der Waals surface area contributed by atoms with Gasteiger partial charge in [-0.15, -0.1) is 0 Å². The molecule has 2 aromatic rings. The molecule has 118 valence electrons. The molecule has 2 N–H and O–H groups in total. The Morgan fingerprint density at radius 3 is 2.50 bits per heavy atom. The number of ether oxygens (including phenoxy) is 2. The van der Waals surface area contributed by atoms with Crippen LogP contribution in [0.25, 0.3) is 11.0 Å². The summed E-state index contributed by atoms with van der Waals surface area (Å²) in [6, 6.07) is 4.01. The van der Waals surface area contributed by atoms with Crippen LogP contribution < -0.4 is 15.2 Å². The average Bonchev–Trinajstić information content (AvgIpc) is 3.17. The smallest absolute Gasteiger partial charge is 0.163 e. The minimum Gasteiger partial charge on any atom is -0.486 e. The topological polar surface area (TPSA) is 65.5 Å². The summed E-state index contributed by atoms with van der Waals surface area (Å²) in [6.45, 7) is 6.02. The summed E-state index contributed by atoms with van der Waals surface area (Å²) in [7, 11) is 0. The molecule has 0 saturated carbocycles. The quantitative estimate of drug-likeness (QED) is 0.924. The van der Waals surface area contributed by atoms with Gasteiger partial charge in [-0.3, -0.25) is 0 Å². The normalized spacial score (nSPS) is 18.2. The summed E-state index contributed by atoms with van der Waals surface area (Å²) < 4.78 is 13.6. The lowest BCUT2D eigenvalue weighted by molar-refractivity contribution is 0.172. The molecule has 1 aromatic carbocycles. The standard InChI is InChI=1S/C16H22N4O2/c17-11-16-18-12-9-14-15(22-8-7-21-14)10-13(12)20(16)6-5-19-3-1-2-4-19/h9-10H,1-8,11,17H2. The van der Waals surface area contributed by atoms with Crippen LogP contribution in [0, 0.1) is 0 Å². The van der Waals surface area contributed by atoms with Gasteiger partial charge in [0.25, 0.3) is 0 Å². The first-order chi connectivity index (χ1) is 10.8. The van der Waals surface area contributed by atoms with Gasteiger partial charge in [-0.25, -0.2) is 4.98 Å². The van der Waals surface area contributed by atoms with Crippen molar-refractivity contribution in [2.24, 2.45) is 5.73 Å². The van der Waals surface area contributed by atoms with Gasteiger partial charge in [-0.1, -0.05) is 0 Å². The predicted molar refractivity (Wildman–Crippen MR) is 84.3 cm³/mol. The second kappa shape index (κ2) is 5.78. The zero-order chi connectivity index (χ0) is 14.9. The van der Waals surface area contributed by atoms with Crippen LogP contribution in [-0.4, -0.2) is 47.3 Å². The van der Waals surface area contributed by atoms with Crippen molar-refractivity contribution in [2.45, 2.75) is 25.9 Å². The maximum absolute atomic E-state index is 5.89. The third-order valence-electron chi connectivity index (χ3n) is 4.51. The lowest BCUT2D eigenvalue weighted by Gasteiger charge is -2.19. The van der Waals surface area contributed by atoms with Gasteiger partial charge < -0.3 is 24.7 Å². The molecule has 2 aliphatic heterocycles. The molecule has 0 spiro atoms. The van der Waals surface area contributed by atoms with E-state index in [0.717, 1.165) is 41.4 Å². The summed E-state index contributed by atoms with van der Waals surface area (Å²) >= 11 is 0. The van der Waals surface area contributed by atoms with Crippen LogP contribution in [0.15, 0.2) is 12.1 Å². The molecule has 1 aromatic heterocycles. The lowest BCUT2D eigenvalue weighted by atomic mass is 10.2. The molecule has 22 heavy (non-hydrogen) atoms. The van der Waals surface area contributed by atoms with E-state index >= 15 is 0 Å². The zero-order valence-electron chi connectivity index (χ0n) is 12.8. The van der Waals surface area contributed by atoms with Crippen LogP contribution in [0.1, 0.15) is 18.7 Å². The van der Waals surface area contributed by atoms with Crippen LogP contribution in [0.3, 0.4) is 0 Å². The fourth-order valence-corrected chi connectivity index (χ4v) is 3.36. The number of imidazole rings is 1. The van der Waals surface area contributed by atoms with E-state index in [2.05, 4.69) is 14.5 Å². The van der Waals surface area contributed by atoms with E-state index in [9.17, 15) is 0 Å². The van der Waals surface area contributed by atoms with Gasteiger partial charge in [0.2, 0.25) is 0 Å². The maximum atomic E-state index is 5.89. The SMILES string of the molecule is NCc1nc2cc3c(cc2n1CCN1CCCC1)OCCO3. The molecule has 6 heteroatoms. The van der Waals surface area contributed by atoms with Crippen molar-refractivity contribution >= 4 is 11.0 Å². The van der Waals surface area contributed by atoms with Crippen LogP contribution in [-0.2, 0) is 13.1 Å². The van der Waals surface area contributed by atoms with Gasteiger partial charge in [0.1, 0.15) is 19.0 Å². The van der Waals surface area contributed by atoms with Crippen molar-refractivity contribution in [3.05, 3.63) is 18.0 Å². The minimum absolute atomic E-state index is 0.445. The number of hydrogen-bond donors (Lipinski definition) is 1. The van der Waals surface area contributed by atoms with E-state index in [1.807, 2.05) is 12.1 Å². The minimum atomic E-state index is 0.445. The van der Waals surface area contributed by atoms with Crippen molar-refractivity contribution < 1.29 is 9.47 Å². The van der Waals surface area contributed by atoms with Gasteiger partial charge in [-0.2, -0.15) is 0 Å². The first kappa shape index (κ1) is 13.8. The first-order valence-corrected chi connectivity index (χ1v) is 8.06. The van der Waals surface area contributed by atoms with Crippen LogP contribution in [0.4, 0.5) is 0 Å². The molecule has 0 radical (unpaired) electrons. The fourth-order valence-electron chi connectivity index (χ4n) is 3.36. The molecule has 0 amide bonds. The Morgan fingerprint density at radius 2 is 1.77 bits per heavy atom. The molecule has 1 saturated heterocycles. The molecule has 0 unspecified atom stereocenters. The molecular weight excluding hydrogens is 280 g/mol. The Bertz CT molecular complexity index is 676. The van der Waals surface area contributed by atoms with Gasteiger partial charge >= 0.3 is 0 Å². The second-order valence-corrected chi connectivity index (χ2v) is 5.92. The molecule has 3 heterocycles. The van der Waals surface area contributed by atoms with E-state index in [4.69, 9.17) is 15.2 Å². The Labute approximate surface area is 129 Å². The summed E-state index contributed by atoms with van der Waals surface area (Å²) in [6.07, 6.45) is 2.63. The Morgan fingerprint density at radius 1 is 1.05 bits per heavy atom. The van der Waals surface area contributed by atoms with E-state index in [0.29, 0.717) is 19.8 Å². The molecular formula is C16H22N4O2. The van der Waals surface area contributed by atoms with Crippen LogP contribution in [0.2, 0.25) is 0 Å². The number of nitrogens with two attached hydrogens (primary N) is 1. The Balaban J connectivity index is 1.68.